The molecule has 102 valence electrons. The summed E-state index contributed by atoms with van der Waals surface area (Å²) in [6, 6.07) is 13.3. The Kier molecular flexibility index (Phi) is 3.43. The quantitative estimate of drug-likeness (QED) is 0.591. The number of aryl methyl sites for hydroxylation is 3. The van der Waals surface area contributed by atoms with Crippen LogP contribution in [0.3, 0.4) is 0 Å². The third kappa shape index (κ3) is 2.07. The molecule has 0 amide bonds. The number of fused-ring (bicyclic) bond motifs is 3. The lowest BCUT2D eigenvalue weighted by atomic mass is 9.96. The van der Waals surface area contributed by atoms with Crippen LogP contribution in [0.5, 0.6) is 0 Å². The van der Waals surface area contributed by atoms with Gasteiger partial charge in [0.2, 0.25) is 0 Å². The van der Waals surface area contributed by atoms with Crippen molar-refractivity contribution in [3.8, 4) is 0 Å². The number of nitrogens with zero attached hydrogens (tertiary/aromatic N) is 1. The monoisotopic (exact) mass is 263 g/mol. The molecule has 3 aromatic rings. The van der Waals surface area contributed by atoms with Crippen molar-refractivity contribution in [2.45, 2.75) is 40.0 Å². The van der Waals surface area contributed by atoms with Gasteiger partial charge in [0.15, 0.2) is 0 Å². The maximum absolute atomic E-state index is 4.91. The maximum Gasteiger partial charge on any atom is 0.0714 e. The van der Waals surface area contributed by atoms with Crippen LogP contribution in [0.4, 0.5) is 0 Å². The van der Waals surface area contributed by atoms with E-state index in [9.17, 15) is 0 Å². The van der Waals surface area contributed by atoms with Gasteiger partial charge < -0.3 is 0 Å². The highest BCUT2D eigenvalue weighted by atomic mass is 14.7. The molecule has 0 aliphatic rings. The fourth-order valence-corrected chi connectivity index (χ4v) is 3.06. The standard InChI is InChI=1S/C19H21N/c1-4-7-14-8-6-9-18-19(14)15-11-10-13(3)12-16(15)17(5-2)20-18/h6,8-12H,4-5,7H2,1-3H3. The van der Waals surface area contributed by atoms with Gasteiger partial charge in [-0.1, -0.05) is 50.1 Å². The van der Waals surface area contributed by atoms with Gasteiger partial charge in [-0.05, 0) is 42.8 Å². The first-order valence-electron chi connectivity index (χ1n) is 7.55. The summed E-state index contributed by atoms with van der Waals surface area (Å²) >= 11 is 0. The maximum atomic E-state index is 4.91. The molecule has 1 heteroatoms. The fourth-order valence-electron chi connectivity index (χ4n) is 3.06. The smallest absolute Gasteiger partial charge is 0.0714 e. The van der Waals surface area contributed by atoms with E-state index in [1.54, 1.807) is 0 Å². The van der Waals surface area contributed by atoms with Gasteiger partial charge in [0.25, 0.3) is 0 Å². The predicted molar refractivity (Wildman–Crippen MR) is 87.4 cm³/mol. The number of aromatic nitrogens is 1. The van der Waals surface area contributed by atoms with Crippen LogP contribution in [-0.4, -0.2) is 4.98 Å². The van der Waals surface area contributed by atoms with E-state index in [0.29, 0.717) is 0 Å². The van der Waals surface area contributed by atoms with Crippen molar-refractivity contribution in [2.24, 2.45) is 0 Å². The van der Waals surface area contributed by atoms with E-state index < -0.39 is 0 Å². The molecule has 0 N–H and O–H groups in total. The summed E-state index contributed by atoms with van der Waals surface area (Å²) < 4.78 is 0. The summed E-state index contributed by atoms with van der Waals surface area (Å²) in [5.41, 5.74) is 5.09. The normalized spacial score (nSPS) is 11.3. The Labute approximate surface area is 120 Å². The average Bonchev–Trinajstić information content (AvgIpc) is 2.46. The molecule has 1 nitrogen and oxygen atoms in total. The Hall–Kier alpha value is -1.89. The van der Waals surface area contributed by atoms with Crippen LogP contribution in [0.15, 0.2) is 36.4 Å². The lowest BCUT2D eigenvalue weighted by molar-refractivity contribution is 0.929. The second-order valence-corrected chi connectivity index (χ2v) is 5.52. The molecular weight excluding hydrogens is 242 g/mol. The Morgan fingerprint density at radius 3 is 2.60 bits per heavy atom. The van der Waals surface area contributed by atoms with Gasteiger partial charge in [-0.15, -0.1) is 0 Å². The number of hydrogen-bond acceptors (Lipinski definition) is 1. The summed E-state index contributed by atoms with van der Waals surface area (Å²) in [6.07, 6.45) is 3.27. The lowest BCUT2D eigenvalue weighted by Gasteiger charge is -2.12. The number of hydrogen-bond donors (Lipinski definition) is 0. The molecule has 0 unspecified atom stereocenters. The van der Waals surface area contributed by atoms with Crippen LogP contribution in [0.2, 0.25) is 0 Å². The molecule has 0 saturated carbocycles. The van der Waals surface area contributed by atoms with Gasteiger partial charge in [-0.3, -0.25) is 4.98 Å². The van der Waals surface area contributed by atoms with Crippen LogP contribution < -0.4 is 0 Å². The van der Waals surface area contributed by atoms with E-state index in [1.165, 1.54) is 39.4 Å². The Morgan fingerprint density at radius 1 is 1.00 bits per heavy atom. The molecule has 0 bridgehead atoms. The summed E-state index contributed by atoms with van der Waals surface area (Å²) in [5.74, 6) is 0. The highest BCUT2D eigenvalue weighted by molar-refractivity contribution is 6.08. The van der Waals surface area contributed by atoms with Crippen LogP contribution in [0, 0.1) is 6.92 Å². The zero-order chi connectivity index (χ0) is 14.1. The Morgan fingerprint density at radius 2 is 1.85 bits per heavy atom. The molecule has 3 rings (SSSR count). The second kappa shape index (κ2) is 5.24. The number of pyridine rings is 1. The molecular formula is C19H21N. The zero-order valence-electron chi connectivity index (χ0n) is 12.5. The minimum Gasteiger partial charge on any atom is -0.252 e. The van der Waals surface area contributed by atoms with E-state index >= 15 is 0 Å². The molecule has 0 aliphatic heterocycles. The molecule has 0 saturated heterocycles. The average molecular weight is 263 g/mol. The van der Waals surface area contributed by atoms with Crippen molar-refractivity contribution in [3.63, 3.8) is 0 Å². The van der Waals surface area contributed by atoms with Gasteiger partial charge in [0.1, 0.15) is 0 Å². The summed E-state index contributed by atoms with van der Waals surface area (Å²) in [4.78, 5) is 4.91. The van der Waals surface area contributed by atoms with E-state index in [1.807, 2.05) is 0 Å². The topological polar surface area (TPSA) is 12.9 Å². The zero-order valence-corrected chi connectivity index (χ0v) is 12.5. The second-order valence-electron chi connectivity index (χ2n) is 5.52. The molecule has 20 heavy (non-hydrogen) atoms. The van der Waals surface area contributed by atoms with Crippen molar-refractivity contribution in [2.75, 3.05) is 0 Å². The first-order valence-corrected chi connectivity index (χ1v) is 7.55. The van der Waals surface area contributed by atoms with Gasteiger partial charge >= 0.3 is 0 Å². The summed E-state index contributed by atoms with van der Waals surface area (Å²) in [7, 11) is 0. The van der Waals surface area contributed by atoms with E-state index in [0.717, 1.165) is 18.4 Å². The highest BCUT2D eigenvalue weighted by Crippen LogP contribution is 2.30. The van der Waals surface area contributed by atoms with Crippen LogP contribution >= 0.6 is 0 Å². The van der Waals surface area contributed by atoms with E-state index in [4.69, 9.17) is 4.98 Å². The summed E-state index contributed by atoms with van der Waals surface area (Å²) in [5, 5.41) is 4.03. The minimum atomic E-state index is 0.980. The van der Waals surface area contributed by atoms with Crippen LogP contribution in [0.1, 0.15) is 37.1 Å². The van der Waals surface area contributed by atoms with Gasteiger partial charge in [-0.25, -0.2) is 0 Å². The molecule has 0 atom stereocenters. The van der Waals surface area contributed by atoms with Crippen molar-refractivity contribution in [1.82, 2.24) is 4.98 Å². The lowest BCUT2D eigenvalue weighted by Crippen LogP contribution is -1.95. The van der Waals surface area contributed by atoms with E-state index in [2.05, 4.69) is 57.2 Å². The molecule has 2 aromatic carbocycles. The van der Waals surface area contributed by atoms with Crippen molar-refractivity contribution < 1.29 is 0 Å². The van der Waals surface area contributed by atoms with Gasteiger partial charge in [0.05, 0.1) is 5.52 Å². The number of benzene rings is 2. The molecule has 0 spiro atoms. The Bertz CT molecular complexity index is 771. The largest absolute Gasteiger partial charge is 0.252 e. The fraction of sp³-hybridized carbons (Fsp3) is 0.316. The molecule has 0 fully saturated rings. The molecule has 1 aromatic heterocycles. The third-order valence-corrected chi connectivity index (χ3v) is 3.99. The predicted octanol–water partition coefficient (Wildman–Crippen LogP) is 5.21. The first kappa shape index (κ1) is 13.1. The molecule has 1 heterocycles. The van der Waals surface area contributed by atoms with Gasteiger partial charge in [0, 0.05) is 16.5 Å². The first-order chi connectivity index (χ1) is 9.74. The molecule has 0 radical (unpaired) electrons. The molecule has 0 aliphatic carbocycles. The highest BCUT2D eigenvalue weighted by Gasteiger charge is 2.10. The third-order valence-electron chi connectivity index (χ3n) is 3.99. The minimum absolute atomic E-state index is 0.980. The number of rotatable bonds is 3. The van der Waals surface area contributed by atoms with Crippen molar-refractivity contribution >= 4 is 21.7 Å². The summed E-state index contributed by atoms with van der Waals surface area (Å²) in [6.45, 7) is 6.58. The van der Waals surface area contributed by atoms with Crippen LogP contribution in [-0.2, 0) is 12.8 Å². The SMILES string of the molecule is CCCc1cccc2nc(CC)c3cc(C)ccc3c12. The Balaban J connectivity index is 2.48. The van der Waals surface area contributed by atoms with Crippen molar-refractivity contribution in [1.29, 1.82) is 0 Å². The van der Waals surface area contributed by atoms with Gasteiger partial charge in [-0.2, -0.15) is 0 Å². The van der Waals surface area contributed by atoms with E-state index in [-0.39, 0.29) is 0 Å². The van der Waals surface area contributed by atoms with Crippen LogP contribution in [0.25, 0.3) is 21.7 Å². The van der Waals surface area contributed by atoms with Crippen molar-refractivity contribution in [3.05, 3.63) is 53.2 Å².